The summed E-state index contributed by atoms with van der Waals surface area (Å²) < 4.78 is 33.1. The fourth-order valence-electron chi connectivity index (χ4n) is 2.93. The highest BCUT2D eigenvalue weighted by atomic mass is 32.2. The summed E-state index contributed by atoms with van der Waals surface area (Å²) in [5.74, 6) is 0.491. The highest BCUT2D eigenvalue weighted by molar-refractivity contribution is 7.92. The molecule has 0 atom stereocenters. The number of nitrogens with one attached hydrogen (secondary N) is 1. The highest BCUT2D eigenvalue weighted by Crippen LogP contribution is 2.20. The van der Waals surface area contributed by atoms with Crippen LogP contribution in [-0.2, 0) is 16.6 Å². The number of nitrogens with zero attached hydrogens (tertiary/aromatic N) is 1. The Hall–Kier alpha value is -3.32. The maximum atomic E-state index is 12.6. The van der Waals surface area contributed by atoms with E-state index in [2.05, 4.69) is 4.72 Å². The van der Waals surface area contributed by atoms with Crippen LogP contribution in [0.3, 0.4) is 0 Å². The summed E-state index contributed by atoms with van der Waals surface area (Å²) in [6, 6.07) is 22.3. The fraction of sp³-hybridized carbons (Fsp3) is 0.174. The number of anilines is 1. The van der Waals surface area contributed by atoms with Crippen molar-refractivity contribution >= 4 is 21.6 Å². The van der Waals surface area contributed by atoms with E-state index < -0.39 is 10.0 Å². The van der Waals surface area contributed by atoms with E-state index in [0.29, 0.717) is 30.2 Å². The Balaban J connectivity index is 1.68. The first-order chi connectivity index (χ1) is 14.4. The first-order valence-electron chi connectivity index (χ1n) is 9.54. The maximum Gasteiger partial charge on any atom is 0.261 e. The van der Waals surface area contributed by atoms with E-state index in [9.17, 15) is 13.2 Å². The zero-order chi connectivity index (χ0) is 21.6. The van der Waals surface area contributed by atoms with Gasteiger partial charge in [0, 0.05) is 24.8 Å². The summed E-state index contributed by atoms with van der Waals surface area (Å²) in [7, 11) is -2.05. The predicted octanol–water partition coefficient (Wildman–Crippen LogP) is 4.16. The Bertz CT molecular complexity index is 1080. The van der Waals surface area contributed by atoms with Crippen molar-refractivity contribution in [2.24, 2.45) is 0 Å². The summed E-state index contributed by atoms with van der Waals surface area (Å²) in [6.07, 6.45) is 0. The van der Waals surface area contributed by atoms with Gasteiger partial charge in [-0.3, -0.25) is 9.52 Å². The molecule has 6 nitrogen and oxygen atoms in total. The Morgan fingerprint density at radius 1 is 0.933 bits per heavy atom. The largest absolute Gasteiger partial charge is 0.494 e. The standard InChI is InChI=1S/C23H24N2O4S/c1-3-29-21-13-11-20(12-14-21)24-30(27,28)22-15-9-19(10-16-22)23(26)25(2)17-18-7-5-4-6-8-18/h4-16,24H,3,17H2,1-2H3. The number of carbonyl (C=O) groups is 1. The second kappa shape index (κ2) is 9.45. The third-order valence-electron chi connectivity index (χ3n) is 4.44. The molecule has 0 aliphatic rings. The summed E-state index contributed by atoms with van der Waals surface area (Å²) in [5.41, 5.74) is 1.88. The molecule has 0 aliphatic carbocycles. The minimum Gasteiger partial charge on any atom is -0.494 e. The molecule has 0 aliphatic heterocycles. The molecule has 30 heavy (non-hydrogen) atoms. The molecule has 3 aromatic rings. The van der Waals surface area contributed by atoms with E-state index in [4.69, 9.17) is 4.74 Å². The number of hydrogen-bond donors (Lipinski definition) is 1. The van der Waals surface area contributed by atoms with Crippen LogP contribution < -0.4 is 9.46 Å². The van der Waals surface area contributed by atoms with Gasteiger partial charge in [0.05, 0.1) is 11.5 Å². The van der Waals surface area contributed by atoms with Gasteiger partial charge in [-0.05, 0) is 61.0 Å². The van der Waals surface area contributed by atoms with Gasteiger partial charge in [-0.1, -0.05) is 30.3 Å². The van der Waals surface area contributed by atoms with E-state index in [-0.39, 0.29) is 10.8 Å². The van der Waals surface area contributed by atoms with Crippen molar-refractivity contribution in [1.82, 2.24) is 4.90 Å². The van der Waals surface area contributed by atoms with Crippen LogP contribution in [0.5, 0.6) is 5.75 Å². The van der Waals surface area contributed by atoms with Crippen molar-refractivity contribution in [1.29, 1.82) is 0 Å². The lowest BCUT2D eigenvalue weighted by molar-refractivity contribution is 0.0785. The van der Waals surface area contributed by atoms with Gasteiger partial charge >= 0.3 is 0 Å². The van der Waals surface area contributed by atoms with E-state index in [1.165, 1.54) is 24.3 Å². The topological polar surface area (TPSA) is 75.7 Å². The average molecular weight is 425 g/mol. The van der Waals surface area contributed by atoms with Gasteiger partial charge in [0.2, 0.25) is 0 Å². The van der Waals surface area contributed by atoms with Gasteiger partial charge in [0.15, 0.2) is 0 Å². The molecule has 156 valence electrons. The number of ether oxygens (including phenoxy) is 1. The van der Waals surface area contributed by atoms with Crippen LogP contribution in [0.15, 0.2) is 83.8 Å². The molecule has 0 fully saturated rings. The van der Waals surface area contributed by atoms with E-state index in [1.54, 1.807) is 36.2 Å². The van der Waals surface area contributed by atoms with Gasteiger partial charge in [-0.2, -0.15) is 0 Å². The molecule has 0 saturated carbocycles. The minimum atomic E-state index is -3.77. The van der Waals surface area contributed by atoms with Crippen molar-refractivity contribution in [2.75, 3.05) is 18.4 Å². The number of sulfonamides is 1. The summed E-state index contributed by atoms with van der Waals surface area (Å²) in [6.45, 7) is 2.89. The zero-order valence-corrected chi connectivity index (χ0v) is 17.7. The number of carbonyl (C=O) groups excluding carboxylic acids is 1. The van der Waals surface area contributed by atoms with Gasteiger partial charge in [-0.15, -0.1) is 0 Å². The quantitative estimate of drug-likeness (QED) is 0.589. The van der Waals surface area contributed by atoms with E-state index >= 15 is 0 Å². The van der Waals surface area contributed by atoms with Crippen molar-refractivity contribution in [3.05, 3.63) is 90.0 Å². The lowest BCUT2D eigenvalue weighted by Crippen LogP contribution is -2.26. The van der Waals surface area contributed by atoms with Gasteiger partial charge < -0.3 is 9.64 Å². The molecular formula is C23H24N2O4S. The average Bonchev–Trinajstić information content (AvgIpc) is 2.75. The zero-order valence-electron chi connectivity index (χ0n) is 16.9. The number of rotatable bonds is 8. The van der Waals surface area contributed by atoms with Crippen molar-refractivity contribution in [3.63, 3.8) is 0 Å². The normalized spacial score (nSPS) is 11.0. The van der Waals surface area contributed by atoms with E-state index in [0.717, 1.165) is 5.56 Å². The molecule has 0 heterocycles. The predicted molar refractivity (Wildman–Crippen MR) is 117 cm³/mol. The first-order valence-corrected chi connectivity index (χ1v) is 11.0. The summed E-state index contributed by atoms with van der Waals surface area (Å²) in [5, 5.41) is 0. The molecule has 3 rings (SSSR count). The minimum absolute atomic E-state index is 0.0821. The smallest absolute Gasteiger partial charge is 0.261 e. The molecule has 0 bridgehead atoms. The second-order valence-corrected chi connectivity index (χ2v) is 8.42. The monoisotopic (exact) mass is 424 g/mol. The van der Waals surface area contributed by atoms with Crippen LogP contribution in [0, 0.1) is 0 Å². The van der Waals surface area contributed by atoms with Gasteiger partial charge in [0.1, 0.15) is 5.75 Å². The van der Waals surface area contributed by atoms with Crippen LogP contribution in [0.2, 0.25) is 0 Å². The van der Waals surface area contributed by atoms with Crippen LogP contribution in [0.1, 0.15) is 22.8 Å². The van der Waals surface area contributed by atoms with Gasteiger partial charge in [0.25, 0.3) is 15.9 Å². The molecular weight excluding hydrogens is 400 g/mol. The SMILES string of the molecule is CCOc1ccc(NS(=O)(=O)c2ccc(C(=O)N(C)Cc3ccccc3)cc2)cc1. The summed E-state index contributed by atoms with van der Waals surface area (Å²) in [4.78, 5) is 14.3. The lowest BCUT2D eigenvalue weighted by atomic mass is 10.1. The third-order valence-corrected chi connectivity index (χ3v) is 5.84. The Labute approximate surface area is 177 Å². The molecule has 3 aromatic carbocycles. The molecule has 1 amide bonds. The molecule has 0 aromatic heterocycles. The third kappa shape index (κ3) is 5.39. The first kappa shape index (κ1) is 21.4. The second-order valence-electron chi connectivity index (χ2n) is 6.73. The van der Waals surface area contributed by atoms with Crippen molar-refractivity contribution < 1.29 is 17.9 Å². The van der Waals surface area contributed by atoms with Crippen LogP contribution >= 0.6 is 0 Å². The Morgan fingerprint density at radius 3 is 2.17 bits per heavy atom. The number of amides is 1. The van der Waals surface area contributed by atoms with Crippen LogP contribution in [0.4, 0.5) is 5.69 Å². The molecule has 0 radical (unpaired) electrons. The van der Waals surface area contributed by atoms with Crippen LogP contribution in [0.25, 0.3) is 0 Å². The molecule has 0 saturated heterocycles. The molecule has 7 heteroatoms. The molecule has 1 N–H and O–H groups in total. The van der Waals surface area contributed by atoms with E-state index in [1.807, 2.05) is 37.3 Å². The Morgan fingerprint density at radius 2 is 1.57 bits per heavy atom. The summed E-state index contributed by atoms with van der Waals surface area (Å²) >= 11 is 0. The molecule has 0 spiro atoms. The number of hydrogen-bond acceptors (Lipinski definition) is 4. The lowest BCUT2D eigenvalue weighted by Gasteiger charge is -2.17. The van der Waals surface area contributed by atoms with Gasteiger partial charge in [-0.25, -0.2) is 8.42 Å². The fourth-order valence-corrected chi connectivity index (χ4v) is 3.98. The Kier molecular flexibility index (Phi) is 6.74. The maximum absolute atomic E-state index is 12.6. The van der Waals surface area contributed by atoms with Crippen molar-refractivity contribution in [2.45, 2.75) is 18.4 Å². The highest BCUT2D eigenvalue weighted by Gasteiger charge is 2.17. The molecule has 0 unspecified atom stereocenters. The van der Waals surface area contributed by atoms with Crippen molar-refractivity contribution in [3.8, 4) is 5.75 Å². The van der Waals surface area contributed by atoms with Crippen LogP contribution in [-0.4, -0.2) is 32.9 Å². The number of benzene rings is 3.